The zero-order valence-corrected chi connectivity index (χ0v) is 16.3. The van der Waals surface area contributed by atoms with Crippen LogP contribution in [0.2, 0.25) is 10.0 Å². The highest BCUT2D eigenvalue weighted by molar-refractivity contribution is 6.45. The van der Waals surface area contributed by atoms with Crippen molar-refractivity contribution >= 4 is 35.0 Å². The fraction of sp³-hybridized carbons (Fsp3) is 0.263. The molecule has 0 aliphatic heterocycles. The van der Waals surface area contributed by atoms with Crippen LogP contribution in [0.15, 0.2) is 30.3 Å². The van der Waals surface area contributed by atoms with E-state index in [4.69, 9.17) is 38.4 Å². The minimum atomic E-state index is -0.885. The number of hydrogen-bond acceptors (Lipinski definition) is 6. The summed E-state index contributed by atoms with van der Waals surface area (Å²) in [6, 6.07) is 7.27. The van der Waals surface area contributed by atoms with Gasteiger partial charge in [0.05, 0.1) is 11.6 Å². The highest BCUT2D eigenvalue weighted by Crippen LogP contribution is 2.36. The number of aromatic hydroxyl groups is 1. The maximum absolute atomic E-state index is 12.7. The SMILES string of the molecule is CCOC(=O)C(C)Oc1ccc(C(=O)c2ccc(O)c(CN)c2)c(Cl)c1Cl. The first kappa shape index (κ1) is 21.0. The van der Waals surface area contributed by atoms with Crippen molar-refractivity contribution in [3.05, 3.63) is 57.1 Å². The lowest BCUT2D eigenvalue weighted by Crippen LogP contribution is -2.26. The van der Waals surface area contributed by atoms with Gasteiger partial charge >= 0.3 is 5.97 Å². The van der Waals surface area contributed by atoms with Gasteiger partial charge in [-0.15, -0.1) is 0 Å². The number of phenolic OH excluding ortho intramolecular Hbond substituents is 1. The lowest BCUT2D eigenvalue weighted by molar-refractivity contribution is -0.150. The molecule has 1 unspecified atom stereocenters. The van der Waals surface area contributed by atoms with Gasteiger partial charge in [0.1, 0.15) is 16.5 Å². The predicted octanol–water partition coefficient (Wildman–Crippen LogP) is 3.72. The Labute approximate surface area is 166 Å². The van der Waals surface area contributed by atoms with Crippen LogP contribution in [0.1, 0.15) is 35.3 Å². The molecule has 0 aliphatic carbocycles. The number of benzene rings is 2. The molecule has 0 bridgehead atoms. The van der Waals surface area contributed by atoms with Crippen molar-refractivity contribution in [1.82, 2.24) is 0 Å². The first-order valence-corrected chi connectivity index (χ1v) is 8.93. The number of carbonyl (C=O) groups excluding carboxylic acids is 2. The molecule has 0 spiro atoms. The first-order chi connectivity index (χ1) is 12.8. The molecule has 27 heavy (non-hydrogen) atoms. The summed E-state index contributed by atoms with van der Waals surface area (Å²) in [5.74, 6) is -0.758. The number of phenols is 1. The lowest BCUT2D eigenvalue weighted by atomic mass is 10.0. The Morgan fingerprint density at radius 3 is 2.52 bits per heavy atom. The lowest BCUT2D eigenvalue weighted by Gasteiger charge is -2.16. The number of esters is 1. The molecule has 0 fully saturated rings. The molecule has 3 N–H and O–H groups in total. The summed E-state index contributed by atoms with van der Waals surface area (Å²) in [7, 11) is 0. The second-order valence-electron chi connectivity index (χ2n) is 5.63. The van der Waals surface area contributed by atoms with Crippen LogP contribution in [0.5, 0.6) is 11.5 Å². The molecule has 0 saturated heterocycles. The van der Waals surface area contributed by atoms with Gasteiger partial charge in [-0.1, -0.05) is 23.2 Å². The average molecular weight is 412 g/mol. The molecule has 0 saturated carbocycles. The number of nitrogens with two attached hydrogens (primary N) is 1. The molecule has 0 heterocycles. The standard InChI is InChI=1S/C19H19Cl2NO5/c1-3-26-19(25)10(2)27-15-7-5-13(16(20)17(15)21)18(24)11-4-6-14(23)12(8-11)9-22/h4-8,10,23H,3,9,22H2,1-2H3. The topological polar surface area (TPSA) is 98.8 Å². The van der Waals surface area contributed by atoms with E-state index in [-0.39, 0.29) is 46.0 Å². The Bertz CT molecular complexity index is 869. The number of rotatable bonds is 7. The fourth-order valence-corrected chi connectivity index (χ4v) is 2.79. The number of carbonyl (C=O) groups is 2. The normalized spacial score (nSPS) is 11.7. The van der Waals surface area contributed by atoms with Gasteiger partial charge < -0.3 is 20.3 Å². The number of ketones is 1. The average Bonchev–Trinajstić information content (AvgIpc) is 2.65. The first-order valence-electron chi connectivity index (χ1n) is 8.18. The quantitative estimate of drug-likeness (QED) is 0.531. The van der Waals surface area contributed by atoms with Gasteiger partial charge in [-0.25, -0.2) is 4.79 Å². The van der Waals surface area contributed by atoms with Crippen LogP contribution in [0.4, 0.5) is 0 Å². The van der Waals surface area contributed by atoms with E-state index >= 15 is 0 Å². The number of halogens is 2. The molecule has 2 aromatic carbocycles. The summed E-state index contributed by atoms with van der Waals surface area (Å²) in [4.78, 5) is 24.4. The molecule has 0 radical (unpaired) electrons. The van der Waals surface area contributed by atoms with E-state index in [9.17, 15) is 14.7 Å². The summed E-state index contributed by atoms with van der Waals surface area (Å²) >= 11 is 12.5. The zero-order valence-electron chi connectivity index (χ0n) is 14.8. The van der Waals surface area contributed by atoms with Crippen LogP contribution in [-0.4, -0.2) is 29.6 Å². The largest absolute Gasteiger partial charge is 0.508 e. The summed E-state index contributed by atoms with van der Waals surface area (Å²) in [6.45, 7) is 3.52. The Balaban J connectivity index is 2.31. The third-order valence-electron chi connectivity index (χ3n) is 3.78. The van der Waals surface area contributed by atoms with Crippen LogP contribution in [0.25, 0.3) is 0 Å². The van der Waals surface area contributed by atoms with Gasteiger partial charge in [-0.05, 0) is 44.2 Å². The zero-order chi connectivity index (χ0) is 20.1. The molecule has 8 heteroatoms. The van der Waals surface area contributed by atoms with E-state index in [1.54, 1.807) is 6.92 Å². The van der Waals surface area contributed by atoms with Gasteiger partial charge in [-0.3, -0.25) is 4.79 Å². The van der Waals surface area contributed by atoms with Crippen molar-refractivity contribution in [2.24, 2.45) is 5.73 Å². The highest BCUT2D eigenvalue weighted by Gasteiger charge is 2.22. The van der Waals surface area contributed by atoms with E-state index in [2.05, 4.69) is 0 Å². The molecular formula is C19H19Cl2NO5. The van der Waals surface area contributed by atoms with Gasteiger partial charge in [0.15, 0.2) is 11.9 Å². The molecule has 1 atom stereocenters. The van der Waals surface area contributed by atoms with E-state index in [0.29, 0.717) is 11.1 Å². The summed E-state index contributed by atoms with van der Waals surface area (Å²) in [5.41, 5.74) is 6.45. The van der Waals surface area contributed by atoms with E-state index < -0.39 is 12.1 Å². The van der Waals surface area contributed by atoms with Crippen molar-refractivity contribution in [2.75, 3.05) is 6.61 Å². The smallest absolute Gasteiger partial charge is 0.347 e. The van der Waals surface area contributed by atoms with Crippen molar-refractivity contribution in [2.45, 2.75) is 26.5 Å². The Hall–Kier alpha value is -2.28. The second-order valence-corrected chi connectivity index (χ2v) is 6.38. The van der Waals surface area contributed by atoms with Crippen molar-refractivity contribution in [3.8, 4) is 11.5 Å². The van der Waals surface area contributed by atoms with Crippen LogP contribution in [-0.2, 0) is 16.1 Å². The molecule has 144 valence electrons. The molecule has 0 aliphatic rings. The molecule has 0 aromatic heterocycles. The Kier molecular flexibility index (Phi) is 7.07. The summed E-state index contributed by atoms with van der Waals surface area (Å²) in [5, 5.41) is 9.70. The van der Waals surface area contributed by atoms with Gasteiger partial charge in [0.2, 0.25) is 0 Å². The summed E-state index contributed by atoms with van der Waals surface area (Å²) < 4.78 is 10.4. The number of ether oxygens (including phenoxy) is 2. The Morgan fingerprint density at radius 1 is 1.19 bits per heavy atom. The van der Waals surface area contributed by atoms with Crippen molar-refractivity contribution < 1.29 is 24.2 Å². The molecular weight excluding hydrogens is 393 g/mol. The maximum atomic E-state index is 12.7. The minimum absolute atomic E-state index is 0.00222. The van der Waals surface area contributed by atoms with Crippen molar-refractivity contribution in [3.63, 3.8) is 0 Å². The number of hydrogen-bond donors (Lipinski definition) is 2. The van der Waals surface area contributed by atoms with Crippen LogP contribution >= 0.6 is 23.2 Å². The highest BCUT2D eigenvalue weighted by atomic mass is 35.5. The van der Waals surface area contributed by atoms with Gasteiger partial charge in [0.25, 0.3) is 0 Å². The van der Waals surface area contributed by atoms with Crippen LogP contribution < -0.4 is 10.5 Å². The summed E-state index contributed by atoms with van der Waals surface area (Å²) in [6.07, 6.45) is -0.885. The van der Waals surface area contributed by atoms with Gasteiger partial charge in [0, 0.05) is 23.2 Å². The van der Waals surface area contributed by atoms with Crippen LogP contribution in [0, 0.1) is 0 Å². The van der Waals surface area contributed by atoms with E-state index in [1.807, 2.05) is 0 Å². The van der Waals surface area contributed by atoms with E-state index in [0.717, 1.165) is 0 Å². The predicted molar refractivity (Wildman–Crippen MR) is 103 cm³/mol. The molecule has 6 nitrogen and oxygen atoms in total. The monoisotopic (exact) mass is 411 g/mol. The second kappa shape index (κ2) is 9.08. The van der Waals surface area contributed by atoms with Gasteiger partial charge in [-0.2, -0.15) is 0 Å². The molecule has 2 rings (SSSR count). The fourth-order valence-electron chi connectivity index (χ4n) is 2.34. The minimum Gasteiger partial charge on any atom is -0.508 e. The molecule has 0 amide bonds. The van der Waals surface area contributed by atoms with Crippen molar-refractivity contribution in [1.29, 1.82) is 0 Å². The third-order valence-corrected chi connectivity index (χ3v) is 4.64. The van der Waals surface area contributed by atoms with E-state index in [1.165, 1.54) is 37.3 Å². The van der Waals surface area contributed by atoms with Crippen LogP contribution in [0.3, 0.4) is 0 Å². The Morgan fingerprint density at radius 2 is 1.89 bits per heavy atom. The third kappa shape index (κ3) is 4.71. The maximum Gasteiger partial charge on any atom is 0.347 e. The molecule has 2 aromatic rings.